The van der Waals surface area contributed by atoms with Crippen molar-refractivity contribution in [1.82, 2.24) is 19.7 Å². The molecule has 0 radical (unpaired) electrons. The Balaban J connectivity index is 0.00000155. The van der Waals surface area contributed by atoms with Crippen molar-refractivity contribution < 1.29 is 22.0 Å². The van der Waals surface area contributed by atoms with Gasteiger partial charge in [0, 0.05) is 5.56 Å². The van der Waals surface area contributed by atoms with Crippen molar-refractivity contribution in [2.75, 3.05) is 0 Å². The maximum atomic E-state index is 14.6. The second kappa shape index (κ2) is 8.93. The predicted octanol–water partition coefficient (Wildman–Crippen LogP) is 5.33. The molecular weight excluding hydrogens is 407 g/mol. The van der Waals surface area contributed by atoms with Gasteiger partial charge in [0.15, 0.2) is 5.65 Å². The van der Waals surface area contributed by atoms with Gasteiger partial charge in [-0.3, -0.25) is 4.79 Å². The molecule has 0 amide bonds. The molecule has 10 heteroatoms. The van der Waals surface area contributed by atoms with Gasteiger partial charge in [0.25, 0.3) is 5.56 Å². The summed E-state index contributed by atoms with van der Waals surface area (Å²) in [6, 6.07) is 1.34. The molecule has 1 aromatic carbocycles. The van der Waals surface area contributed by atoms with E-state index in [-0.39, 0.29) is 34.0 Å². The summed E-state index contributed by atoms with van der Waals surface area (Å²) < 4.78 is 67.8. The summed E-state index contributed by atoms with van der Waals surface area (Å²) in [6.07, 6.45) is -4.68. The molecule has 0 spiro atoms. The fraction of sp³-hybridized carbons (Fsp3) is 0.450. The third-order valence-electron chi connectivity index (χ3n) is 4.42. The lowest BCUT2D eigenvalue weighted by Crippen LogP contribution is -2.21. The first kappa shape index (κ1) is 23.5. The highest BCUT2D eigenvalue weighted by Gasteiger charge is 2.33. The maximum Gasteiger partial charge on any atom is 0.416 e. The highest BCUT2D eigenvalue weighted by Crippen LogP contribution is 2.35. The summed E-state index contributed by atoms with van der Waals surface area (Å²) in [5.74, 6) is -1.16. The summed E-state index contributed by atoms with van der Waals surface area (Å²) in [6.45, 7) is 7.91. The van der Waals surface area contributed by atoms with E-state index >= 15 is 0 Å². The van der Waals surface area contributed by atoms with E-state index in [1.54, 1.807) is 13.8 Å². The maximum absolute atomic E-state index is 14.6. The molecule has 5 nitrogen and oxygen atoms in total. The third kappa shape index (κ3) is 4.36. The molecule has 1 N–H and O–H groups in total. The van der Waals surface area contributed by atoms with Crippen molar-refractivity contribution in [3.05, 3.63) is 57.0 Å². The molecule has 164 valence electrons. The van der Waals surface area contributed by atoms with Crippen LogP contribution in [0, 0.1) is 18.7 Å². The van der Waals surface area contributed by atoms with Crippen LogP contribution in [0.25, 0.3) is 11.0 Å². The number of aromatic nitrogens is 4. The molecule has 1 unspecified atom stereocenters. The molecule has 1 atom stereocenters. The summed E-state index contributed by atoms with van der Waals surface area (Å²) in [5.41, 5.74) is -1.88. The topological polar surface area (TPSA) is 63.6 Å². The van der Waals surface area contributed by atoms with Gasteiger partial charge in [-0.2, -0.15) is 18.3 Å². The Morgan fingerprint density at radius 3 is 2.33 bits per heavy atom. The zero-order chi connectivity index (χ0) is 22.8. The number of benzene rings is 1. The minimum absolute atomic E-state index is 0.0481. The number of rotatable bonds is 4. The molecule has 2 heterocycles. The van der Waals surface area contributed by atoms with E-state index in [4.69, 9.17) is 0 Å². The highest BCUT2D eigenvalue weighted by molar-refractivity contribution is 5.77. The molecule has 3 rings (SSSR count). The molecule has 2 aromatic heterocycles. The van der Waals surface area contributed by atoms with Gasteiger partial charge in [-0.05, 0) is 25.0 Å². The van der Waals surface area contributed by atoms with Crippen molar-refractivity contribution in [3.8, 4) is 0 Å². The van der Waals surface area contributed by atoms with Gasteiger partial charge < -0.3 is 4.98 Å². The Bertz CT molecular complexity index is 1090. The van der Waals surface area contributed by atoms with E-state index in [0.717, 1.165) is 12.1 Å². The molecule has 3 aromatic rings. The first-order valence-corrected chi connectivity index (χ1v) is 9.45. The average Bonchev–Trinajstić information content (AvgIpc) is 3.02. The SMILES string of the molecule is CC.Cc1nc2c(c(CF)nn2C(c2ccc(C(F)(F)F)cc2F)C(C)C)c(=O)[nH]1. The minimum atomic E-state index is -4.68. The first-order valence-electron chi connectivity index (χ1n) is 9.45. The zero-order valence-corrected chi connectivity index (χ0v) is 17.2. The van der Waals surface area contributed by atoms with Crippen LogP contribution in [0.4, 0.5) is 22.0 Å². The summed E-state index contributed by atoms with van der Waals surface area (Å²) in [5, 5.41) is 4.03. The van der Waals surface area contributed by atoms with Gasteiger partial charge in [0.1, 0.15) is 29.4 Å². The molecule has 0 saturated heterocycles. The molecule has 0 aliphatic rings. The van der Waals surface area contributed by atoms with Crippen LogP contribution in [-0.2, 0) is 12.9 Å². The van der Waals surface area contributed by atoms with Gasteiger partial charge in [0.05, 0.1) is 11.6 Å². The van der Waals surface area contributed by atoms with E-state index in [2.05, 4.69) is 15.1 Å². The Morgan fingerprint density at radius 2 is 1.83 bits per heavy atom. The number of fused-ring (bicyclic) bond motifs is 1. The van der Waals surface area contributed by atoms with Crippen molar-refractivity contribution in [1.29, 1.82) is 0 Å². The van der Waals surface area contributed by atoms with Crippen LogP contribution in [0.1, 0.15) is 56.4 Å². The molecule has 0 aliphatic carbocycles. The number of aryl methyl sites for hydroxylation is 1. The van der Waals surface area contributed by atoms with E-state index < -0.39 is 35.8 Å². The van der Waals surface area contributed by atoms with Crippen LogP contribution in [0.3, 0.4) is 0 Å². The fourth-order valence-electron chi connectivity index (χ4n) is 3.23. The monoisotopic (exact) mass is 430 g/mol. The predicted molar refractivity (Wildman–Crippen MR) is 103 cm³/mol. The number of nitrogens with one attached hydrogen (secondary N) is 1. The lowest BCUT2D eigenvalue weighted by atomic mass is 9.94. The molecule has 0 fully saturated rings. The van der Waals surface area contributed by atoms with Crippen LogP contribution >= 0.6 is 0 Å². The lowest BCUT2D eigenvalue weighted by molar-refractivity contribution is -0.137. The van der Waals surface area contributed by atoms with Crippen molar-refractivity contribution in [2.24, 2.45) is 5.92 Å². The van der Waals surface area contributed by atoms with Gasteiger partial charge in [-0.1, -0.05) is 33.8 Å². The minimum Gasteiger partial charge on any atom is -0.310 e. The Labute approximate surface area is 169 Å². The number of hydrogen-bond acceptors (Lipinski definition) is 3. The Kier molecular flexibility index (Phi) is 6.99. The van der Waals surface area contributed by atoms with Crippen LogP contribution in [-0.4, -0.2) is 19.7 Å². The summed E-state index contributed by atoms with van der Waals surface area (Å²) in [4.78, 5) is 18.9. The van der Waals surface area contributed by atoms with Gasteiger partial charge in [0.2, 0.25) is 0 Å². The lowest BCUT2D eigenvalue weighted by Gasteiger charge is -2.23. The molecule has 0 aliphatic heterocycles. The fourth-order valence-corrected chi connectivity index (χ4v) is 3.23. The van der Waals surface area contributed by atoms with Gasteiger partial charge >= 0.3 is 6.18 Å². The van der Waals surface area contributed by atoms with E-state index in [0.29, 0.717) is 6.07 Å². The number of halogens is 5. The summed E-state index contributed by atoms with van der Waals surface area (Å²) in [7, 11) is 0. The molecule has 0 bridgehead atoms. The second-order valence-electron chi connectivity index (χ2n) is 6.80. The average molecular weight is 430 g/mol. The van der Waals surface area contributed by atoms with E-state index in [9.17, 15) is 26.7 Å². The normalized spacial score (nSPS) is 12.8. The number of alkyl halides is 4. The van der Waals surface area contributed by atoms with E-state index in [1.807, 2.05) is 13.8 Å². The van der Waals surface area contributed by atoms with E-state index in [1.165, 1.54) is 11.6 Å². The number of H-pyrrole nitrogens is 1. The number of nitrogens with zero attached hydrogens (tertiary/aromatic N) is 3. The Hall–Kier alpha value is -2.78. The smallest absolute Gasteiger partial charge is 0.310 e. The van der Waals surface area contributed by atoms with Crippen molar-refractivity contribution in [3.63, 3.8) is 0 Å². The largest absolute Gasteiger partial charge is 0.416 e. The molecular formula is C20H23F5N4O. The third-order valence-corrected chi connectivity index (χ3v) is 4.42. The van der Waals surface area contributed by atoms with Crippen LogP contribution in [0.5, 0.6) is 0 Å². The summed E-state index contributed by atoms with van der Waals surface area (Å²) >= 11 is 0. The highest BCUT2D eigenvalue weighted by atomic mass is 19.4. The van der Waals surface area contributed by atoms with Crippen molar-refractivity contribution >= 4 is 11.0 Å². The Morgan fingerprint density at radius 1 is 1.20 bits per heavy atom. The quantitative estimate of drug-likeness (QED) is 0.570. The first-order chi connectivity index (χ1) is 14.0. The van der Waals surface area contributed by atoms with Crippen LogP contribution in [0.2, 0.25) is 0 Å². The van der Waals surface area contributed by atoms with Gasteiger partial charge in [-0.25, -0.2) is 18.4 Å². The van der Waals surface area contributed by atoms with Crippen LogP contribution in [0.15, 0.2) is 23.0 Å². The van der Waals surface area contributed by atoms with Crippen molar-refractivity contribution in [2.45, 2.75) is 53.5 Å². The second-order valence-corrected chi connectivity index (χ2v) is 6.80. The molecule has 30 heavy (non-hydrogen) atoms. The standard InChI is InChI=1S/C18H17F5N4O.C2H6/c1-8(2)15(11-5-4-10(6-12(11)20)18(21,22)23)27-16-14(13(7-19)26-27)17(28)25-9(3)24-16;1-2/h4-6,8,15H,7H2,1-3H3,(H,24,25,28);1-2H3. The number of aromatic amines is 1. The number of hydrogen-bond donors (Lipinski definition) is 1. The zero-order valence-electron chi connectivity index (χ0n) is 17.2. The molecule has 0 saturated carbocycles. The van der Waals surface area contributed by atoms with Gasteiger partial charge in [-0.15, -0.1) is 0 Å². The van der Waals surface area contributed by atoms with Crippen LogP contribution < -0.4 is 5.56 Å².